The number of ether oxygens (including phenoxy) is 2. The van der Waals surface area contributed by atoms with E-state index in [1.54, 1.807) is 13.3 Å². The molecule has 3 aliphatic rings. The van der Waals surface area contributed by atoms with Gasteiger partial charge >= 0.3 is 0 Å². The summed E-state index contributed by atoms with van der Waals surface area (Å²) < 4.78 is 13.0. The number of likely N-dealkylation sites (tertiary alicyclic amines) is 1. The van der Waals surface area contributed by atoms with Crippen LogP contribution in [0.3, 0.4) is 0 Å². The maximum atomic E-state index is 13.0. The fraction of sp³-hybridized carbons (Fsp3) is 0.452. The Hall–Kier alpha value is -4.17. The van der Waals surface area contributed by atoms with Crippen LogP contribution >= 0.6 is 0 Å². The Morgan fingerprint density at radius 3 is 2.79 bits per heavy atom. The number of benzene rings is 1. The molecule has 1 aliphatic carbocycles. The van der Waals surface area contributed by atoms with Crippen molar-refractivity contribution in [2.45, 2.75) is 49.9 Å². The van der Waals surface area contributed by atoms with Crippen molar-refractivity contribution in [3.63, 3.8) is 0 Å². The van der Waals surface area contributed by atoms with E-state index in [1.807, 2.05) is 40.0 Å². The average molecular weight is 561 g/mol. The molecule has 4 aromatic rings. The number of amides is 1. The number of carbonyl (C=O) groups is 1. The van der Waals surface area contributed by atoms with Crippen LogP contribution in [0.5, 0.6) is 5.75 Å². The minimum absolute atomic E-state index is 0.0500. The highest BCUT2D eigenvalue weighted by molar-refractivity contribution is 6.13. The van der Waals surface area contributed by atoms with Gasteiger partial charge in [-0.2, -0.15) is 15.5 Å². The number of fused-ring (bicyclic) bond motifs is 2. The second-order valence-corrected chi connectivity index (χ2v) is 11.6. The minimum atomic E-state index is -0.694. The number of nitrogens with one attached hydrogen (secondary N) is 1. The zero-order valence-corrected chi connectivity index (χ0v) is 23.7. The van der Waals surface area contributed by atoms with Crippen molar-refractivity contribution in [3.8, 4) is 34.3 Å². The van der Waals surface area contributed by atoms with E-state index in [4.69, 9.17) is 22.3 Å². The summed E-state index contributed by atoms with van der Waals surface area (Å²) >= 11 is 0. The number of aromatic amines is 1. The molecule has 1 N–H and O–H groups in total. The highest BCUT2D eigenvalue weighted by Gasteiger charge is 2.36. The molecule has 2 aliphatic heterocycles. The minimum Gasteiger partial charge on any atom is -0.494 e. The van der Waals surface area contributed by atoms with E-state index in [1.165, 1.54) is 0 Å². The fourth-order valence-corrected chi connectivity index (χ4v) is 6.72. The third-order valence-corrected chi connectivity index (χ3v) is 9.23. The second kappa shape index (κ2) is 10.6. The van der Waals surface area contributed by atoms with Gasteiger partial charge in [-0.25, -0.2) is 4.98 Å². The molecular weight excluding hydrogens is 529 g/mol. The number of methoxy groups -OCH3 is 1. The Balaban J connectivity index is 1.17. The van der Waals surface area contributed by atoms with Crippen LogP contribution in [0.2, 0.25) is 0 Å². The van der Waals surface area contributed by atoms with Crippen molar-refractivity contribution in [2.24, 2.45) is 5.92 Å². The summed E-state index contributed by atoms with van der Waals surface area (Å²) in [6, 6.07) is 10.4. The van der Waals surface area contributed by atoms with Gasteiger partial charge in [0.2, 0.25) is 5.91 Å². The molecule has 5 heterocycles. The van der Waals surface area contributed by atoms with Gasteiger partial charge in [-0.1, -0.05) is 18.2 Å². The van der Waals surface area contributed by atoms with Crippen LogP contribution in [0.1, 0.15) is 49.1 Å². The van der Waals surface area contributed by atoms with Crippen LogP contribution in [0, 0.1) is 17.2 Å². The molecule has 0 bridgehead atoms. The smallest absolute Gasteiger partial charge is 0.225 e. The van der Waals surface area contributed by atoms with Crippen molar-refractivity contribution in [1.29, 1.82) is 5.26 Å². The summed E-state index contributed by atoms with van der Waals surface area (Å²) in [5, 5.41) is 22.0. The molecule has 1 atom stereocenters. The van der Waals surface area contributed by atoms with Gasteiger partial charge in [-0.05, 0) is 49.7 Å². The average Bonchev–Trinajstić information content (AvgIpc) is 3.79. The van der Waals surface area contributed by atoms with Gasteiger partial charge in [0.25, 0.3) is 0 Å². The summed E-state index contributed by atoms with van der Waals surface area (Å²) in [7, 11) is 8.51. The van der Waals surface area contributed by atoms with E-state index >= 15 is 0 Å². The molecule has 11 heteroatoms. The molecular formula is C31H32BN7O3. The van der Waals surface area contributed by atoms with Crippen LogP contribution in [0.15, 0.2) is 36.7 Å². The highest BCUT2D eigenvalue weighted by atomic mass is 16.5. The van der Waals surface area contributed by atoms with Gasteiger partial charge in [0.15, 0.2) is 0 Å². The Labute approximate surface area is 245 Å². The third-order valence-electron chi connectivity index (χ3n) is 9.23. The lowest BCUT2D eigenvalue weighted by molar-refractivity contribution is -0.140. The first-order valence-electron chi connectivity index (χ1n) is 14.6. The standard InChI is InChI=1S/C31H32BN7O3/c1-41-26-15-25-29(35-28(26)24-4-2-3-22-20(16-33)5-6-23(22)24)27(37-36-25)21-17-34-39(18-21)31(32)9-11-38(12-10-31)30(40)19-7-13-42-14-8-19/h2-4,15,17-20H,5-14H2,1H3,(H,36,37). The van der Waals surface area contributed by atoms with E-state index in [-0.39, 0.29) is 17.7 Å². The van der Waals surface area contributed by atoms with Crippen molar-refractivity contribution < 1.29 is 14.3 Å². The highest BCUT2D eigenvalue weighted by Crippen LogP contribution is 2.42. The molecule has 3 aromatic heterocycles. The molecule has 1 unspecified atom stereocenters. The predicted molar refractivity (Wildman–Crippen MR) is 157 cm³/mol. The number of nitriles is 1. The van der Waals surface area contributed by atoms with Crippen molar-refractivity contribution in [3.05, 3.63) is 47.8 Å². The summed E-state index contributed by atoms with van der Waals surface area (Å²) in [5.41, 5.74) is 6.18. The zero-order chi connectivity index (χ0) is 28.8. The second-order valence-electron chi connectivity index (χ2n) is 11.6. The molecule has 2 fully saturated rings. The molecule has 0 spiro atoms. The topological polar surface area (TPSA) is 122 Å². The summed E-state index contributed by atoms with van der Waals surface area (Å²) in [6.45, 7) is 2.51. The van der Waals surface area contributed by atoms with E-state index < -0.39 is 5.44 Å². The maximum absolute atomic E-state index is 13.0. The van der Waals surface area contributed by atoms with Gasteiger partial charge < -0.3 is 14.4 Å². The van der Waals surface area contributed by atoms with Crippen LogP contribution in [-0.2, 0) is 21.4 Å². The Morgan fingerprint density at radius 1 is 1.21 bits per heavy atom. The molecule has 42 heavy (non-hydrogen) atoms. The Morgan fingerprint density at radius 2 is 2.02 bits per heavy atom. The molecule has 0 saturated carbocycles. The molecule has 1 aromatic carbocycles. The van der Waals surface area contributed by atoms with E-state index in [0.29, 0.717) is 56.1 Å². The van der Waals surface area contributed by atoms with E-state index in [0.717, 1.165) is 59.1 Å². The molecule has 7 rings (SSSR count). The molecule has 2 radical (unpaired) electrons. The van der Waals surface area contributed by atoms with Crippen LogP contribution < -0.4 is 4.74 Å². The summed E-state index contributed by atoms with van der Waals surface area (Å²) in [6.07, 6.45) is 8.15. The Bertz CT molecular complexity index is 1690. The van der Waals surface area contributed by atoms with Crippen molar-refractivity contribution in [2.75, 3.05) is 33.4 Å². The number of H-pyrrole nitrogens is 1. The quantitative estimate of drug-likeness (QED) is 0.367. The number of nitrogens with zero attached hydrogens (tertiary/aromatic N) is 6. The van der Waals surface area contributed by atoms with Crippen molar-refractivity contribution in [1.82, 2.24) is 29.9 Å². The van der Waals surface area contributed by atoms with Gasteiger partial charge in [-0.3, -0.25) is 14.6 Å². The fourth-order valence-electron chi connectivity index (χ4n) is 6.72. The van der Waals surface area contributed by atoms with Crippen LogP contribution in [-0.4, -0.2) is 77.0 Å². The number of hydrogen-bond acceptors (Lipinski definition) is 7. The van der Waals surface area contributed by atoms with Crippen molar-refractivity contribution >= 4 is 24.8 Å². The number of hydrogen-bond donors (Lipinski definition) is 1. The van der Waals surface area contributed by atoms with Gasteiger partial charge in [0.1, 0.15) is 30.5 Å². The number of rotatable bonds is 5. The van der Waals surface area contributed by atoms with E-state index in [2.05, 4.69) is 21.4 Å². The van der Waals surface area contributed by atoms with Crippen LogP contribution in [0.25, 0.3) is 33.5 Å². The first kappa shape index (κ1) is 26.7. The predicted octanol–water partition coefficient (Wildman–Crippen LogP) is 3.92. The Kier molecular flexibility index (Phi) is 6.74. The number of carbonyl (C=O) groups excluding carboxylic acids is 1. The normalized spacial score (nSPS) is 20.4. The SMILES string of the molecule is [B]C1(n2cc(-c3n[nH]c4cc(OC)c(-c5cccc6c5CCC6C#N)nc34)cn2)CCN(C(=O)C2CCOCC2)CC1. The lowest BCUT2D eigenvalue weighted by atomic mass is 9.70. The van der Waals surface area contributed by atoms with E-state index in [9.17, 15) is 10.1 Å². The lowest BCUT2D eigenvalue weighted by Gasteiger charge is -2.41. The number of pyridine rings is 1. The number of aromatic nitrogens is 5. The third kappa shape index (κ3) is 4.45. The first-order chi connectivity index (χ1) is 20.5. The summed E-state index contributed by atoms with van der Waals surface area (Å²) in [5.74, 6) is 0.814. The molecule has 10 nitrogen and oxygen atoms in total. The van der Waals surface area contributed by atoms with Gasteiger partial charge in [-0.15, -0.1) is 0 Å². The largest absolute Gasteiger partial charge is 0.494 e. The van der Waals surface area contributed by atoms with Gasteiger partial charge in [0.05, 0.1) is 30.8 Å². The lowest BCUT2D eigenvalue weighted by Crippen LogP contribution is -2.50. The maximum Gasteiger partial charge on any atom is 0.225 e. The van der Waals surface area contributed by atoms with Crippen LogP contribution in [0.4, 0.5) is 0 Å². The monoisotopic (exact) mass is 561 g/mol. The molecule has 1 amide bonds. The molecule has 212 valence electrons. The molecule has 2 saturated heterocycles. The summed E-state index contributed by atoms with van der Waals surface area (Å²) in [4.78, 5) is 20.0. The first-order valence-corrected chi connectivity index (χ1v) is 14.6. The zero-order valence-electron chi connectivity index (χ0n) is 23.7. The van der Waals surface area contributed by atoms with Gasteiger partial charge in [0, 0.05) is 61.0 Å². The number of piperidine rings is 1.